The Bertz CT molecular complexity index is 705. The van der Waals surface area contributed by atoms with Crippen LogP contribution in [0.25, 0.3) is 11.4 Å². The number of nitrogens with zero attached hydrogens (tertiary/aromatic N) is 4. The van der Waals surface area contributed by atoms with Crippen LogP contribution >= 0.6 is 0 Å². The molecule has 0 aliphatic rings. The number of nitrogens with one attached hydrogen (secondary N) is 1. The zero-order valence-corrected chi connectivity index (χ0v) is 11.8. The van der Waals surface area contributed by atoms with Crippen LogP contribution in [0, 0.1) is 0 Å². The molecular formula is C14H15N5O2. The smallest absolute Gasteiger partial charge is 0.322 e. The van der Waals surface area contributed by atoms with Gasteiger partial charge in [-0.05, 0) is 0 Å². The molecule has 0 amide bonds. The summed E-state index contributed by atoms with van der Waals surface area (Å²) in [5.74, 6) is 1.91. The van der Waals surface area contributed by atoms with Gasteiger partial charge in [-0.15, -0.1) is 0 Å². The predicted octanol–water partition coefficient (Wildman–Crippen LogP) is 2.86. The third kappa shape index (κ3) is 3.07. The molecule has 0 aliphatic carbocycles. The first-order chi connectivity index (χ1) is 10.2. The van der Waals surface area contributed by atoms with Crippen molar-refractivity contribution in [2.75, 3.05) is 5.32 Å². The van der Waals surface area contributed by atoms with E-state index >= 15 is 0 Å². The molecule has 21 heavy (non-hydrogen) atoms. The van der Waals surface area contributed by atoms with Crippen LogP contribution in [-0.2, 0) is 6.54 Å². The minimum atomic E-state index is 0.208. The highest BCUT2D eigenvalue weighted by Crippen LogP contribution is 2.17. The van der Waals surface area contributed by atoms with Gasteiger partial charge in [-0.1, -0.05) is 54.5 Å². The molecule has 108 valence electrons. The van der Waals surface area contributed by atoms with Crippen LogP contribution in [0.4, 0.5) is 6.01 Å². The molecule has 2 aromatic heterocycles. The van der Waals surface area contributed by atoms with Crippen molar-refractivity contribution in [2.45, 2.75) is 26.3 Å². The molecular weight excluding hydrogens is 270 g/mol. The molecule has 0 bridgehead atoms. The highest BCUT2D eigenvalue weighted by atomic mass is 16.5. The number of hydrogen-bond donors (Lipinski definition) is 1. The molecule has 0 saturated carbocycles. The minimum absolute atomic E-state index is 0.208. The van der Waals surface area contributed by atoms with E-state index in [1.165, 1.54) is 0 Å². The van der Waals surface area contributed by atoms with E-state index in [2.05, 4.69) is 25.6 Å². The zero-order chi connectivity index (χ0) is 14.7. The summed E-state index contributed by atoms with van der Waals surface area (Å²) in [4.78, 5) is 8.52. The number of anilines is 1. The summed E-state index contributed by atoms with van der Waals surface area (Å²) in [6.45, 7) is 4.36. The van der Waals surface area contributed by atoms with E-state index in [9.17, 15) is 0 Å². The van der Waals surface area contributed by atoms with Gasteiger partial charge in [-0.25, -0.2) is 0 Å². The molecule has 1 N–H and O–H groups in total. The maximum Gasteiger partial charge on any atom is 0.322 e. The van der Waals surface area contributed by atoms with E-state index in [1.54, 1.807) is 0 Å². The van der Waals surface area contributed by atoms with Gasteiger partial charge in [-0.3, -0.25) is 0 Å². The van der Waals surface area contributed by atoms with Crippen LogP contribution in [0.3, 0.4) is 0 Å². The van der Waals surface area contributed by atoms with E-state index < -0.39 is 0 Å². The van der Waals surface area contributed by atoms with Crippen molar-refractivity contribution in [3.63, 3.8) is 0 Å². The molecule has 3 aromatic rings. The maximum atomic E-state index is 5.14. The second kappa shape index (κ2) is 5.74. The van der Waals surface area contributed by atoms with Gasteiger partial charge >= 0.3 is 6.01 Å². The van der Waals surface area contributed by atoms with Crippen molar-refractivity contribution >= 4 is 6.01 Å². The summed E-state index contributed by atoms with van der Waals surface area (Å²) < 4.78 is 10.3. The van der Waals surface area contributed by atoms with Gasteiger partial charge in [-0.2, -0.15) is 9.97 Å². The Morgan fingerprint density at radius 1 is 1.05 bits per heavy atom. The SMILES string of the molecule is CC(C)c1nc(CNc2nc(-c3ccccc3)no2)no1. The third-order valence-electron chi connectivity index (χ3n) is 2.83. The number of aromatic nitrogens is 4. The average molecular weight is 285 g/mol. The van der Waals surface area contributed by atoms with Gasteiger partial charge in [0.05, 0.1) is 6.54 Å². The van der Waals surface area contributed by atoms with Crippen LogP contribution in [0.1, 0.15) is 31.5 Å². The summed E-state index contributed by atoms with van der Waals surface area (Å²) in [6, 6.07) is 9.94. The fourth-order valence-corrected chi connectivity index (χ4v) is 1.73. The lowest BCUT2D eigenvalue weighted by molar-refractivity contribution is 0.361. The van der Waals surface area contributed by atoms with Crippen LogP contribution in [0.5, 0.6) is 0 Å². The van der Waals surface area contributed by atoms with Crippen LogP contribution in [-0.4, -0.2) is 20.3 Å². The van der Waals surface area contributed by atoms with E-state index in [0.717, 1.165) is 5.56 Å². The van der Waals surface area contributed by atoms with Crippen LogP contribution in [0.15, 0.2) is 39.4 Å². The fourth-order valence-electron chi connectivity index (χ4n) is 1.73. The first-order valence-electron chi connectivity index (χ1n) is 6.68. The molecule has 2 heterocycles. The second-order valence-corrected chi connectivity index (χ2v) is 4.85. The summed E-state index contributed by atoms with van der Waals surface area (Å²) in [7, 11) is 0. The zero-order valence-electron chi connectivity index (χ0n) is 11.8. The monoisotopic (exact) mass is 285 g/mol. The van der Waals surface area contributed by atoms with Gasteiger partial charge in [0, 0.05) is 11.5 Å². The Balaban J connectivity index is 1.65. The summed E-state index contributed by atoms with van der Waals surface area (Å²) in [5.41, 5.74) is 0.899. The van der Waals surface area contributed by atoms with E-state index in [1.807, 2.05) is 44.2 Å². The van der Waals surface area contributed by atoms with E-state index in [4.69, 9.17) is 9.05 Å². The standard InChI is InChI=1S/C14H15N5O2/c1-9(2)13-16-11(18-20-13)8-15-14-17-12(19-21-14)10-6-4-3-5-7-10/h3-7,9H,8H2,1-2H3,(H,15,17,19). The van der Waals surface area contributed by atoms with Gasteiger partial charge in [0.2, 0.25) is 11.7 Å². The lowest BCUT2D eigenvalue weighted by Gasteiger charge is -1.95. The lowest BCUT2D eigenvalue weighted by Crippen LogP contribution is -2.01. The molecule has 0 aliphatic heterocycles. The quantitative estimate of drug-likeness (QED) is 0.770. The van der Waals surface area contributed by atoms with E-state index in [0.29, 0.717) is 30.1 Å². The average Bonchev–Trinajstić information content (AvgIpc) is 3.15. The number of benzene rings is 1. The Labute approximate surface area is 121 Å². The topological polar surface area (TPSA) is 89.9 Å². The Morgan fingerprint density at radius 2 is 1.86 bits per heavy atom. The van der Waals surface area contributed by atoms with Gasteiger partial charge in [0.25, 0.3) is 0 Å². The van der Waals surface area contributed by atoms with Crippen LogP contribution in [0.2, 0.25) is 0 Å². The molecule has 1 aromatic carbocycles. The van der Waals surface area contributed by atoms with Gasteiger partial charge in [0.15, 0.2) is 5.82 Å². The predicted molar refractivity (Wildman–Crippen MR) is 75.4 cm³/mol. The Kier molecular flexibility index (Phi) is 3.63. The maximum absolute atomic E-state index is 5.14. The highest BCUT2D eigenvalue weighted by Gasteiger charge is 2.11. The van der Waals surface area contributed by atoms with Crippen molar-refractivity contribution < 1.29 is 9.05 Å². The molecule has 0 radical (unpaired) electrons. The first-order valence-corrected chi connectivity index (χ1v) is 6.68. The van der Waals surface area contributed by atoms with Gasteiger partial charge < -0.3 is 14.4 Å². The van der Waals surface area contributed by atoms with Crippen LogP contribution < -0.4 is 5.32 Å². The van der Waals surface area contributed by atoms with E-state index in [-0.39, 0.29) is 5.92 Å². The lowest BCUT2D eigenvalue weighted by atomic mass is 10.2. The number of hydrogen-bond acceptors (Lipinski definition) is 7. The second-order valence-electron chi connectivity index (χ2n) is 4.85. The van der Waals surface area contributed by atoms with Crippen molar-refractivity contribution in [1.29, 1.82) is 0 Å². The number of rotatable bonds is 5. The van der Waals surface area contributed by atoms with Crippen molar-refractivity contribution in [3.05, 3.63) is 42.0 Å². The molecule has 3 rings (SSSR count). The molecule has 0 saturated heterocycles. The minimum Gasteiger partial charge on any atom is -0.339 e. The molecule has 7 nitrogen and oxygen atoms in total. The van der Waals surface area contributed by atoms with Crippen molar-refractivity contribution in [1.82, 2.24) is 20.3 Å². The van der Waals surface area contributed by atoms with Crippen molar-refractivity contribution in [3.8, 4) is 11.4 Å². The fraction of sp³-hybridized carbons (Fsp3) is 0.286. The largest absolute Gasteiger partial charge is 0.339 e. The summed E-state index contributed by atoms with van der Waals surface area (Å²) in [5, 5.41) is 10.8. The normalized spacial score (nSPS) is 11.0. The molecule has 0 unspecified atom stereocenters. The molecule has 0 atom stereocenters. The highest BCUT2D eigenvalue weighted by molar-refractivity contribution is 5.54. The van der Waals surface area contributed by atoms with Crippen molar-refractivity contribution in [2.24, 2.45) is 0 Å². The summed E-state index contributed by atoms with van der Waals surface area (Å²) >= 11 is 0. The summed E-state index contributed by atoms with van der Waals surface area (Å²) in [6.07, 6.45) is 0. The third-order valence-corrected chi connectivity index (χ3v) is 2.83. The Morgan fingerprint density at radius 3 is 2.57 bits per heavy atom. The molecule has 0 fully saturated rings. The molecule has 0 spiro atoms. The first kappa shape index (κ1) is 13.3. The van der Waals surface area contributed by atoms with Gasteiger partial charge in [0.1, 0.15) is 0 Å². The molecule has 7 heteroatoms. The Hall–Kier alpha value is -2.70.